The number of pyridine rings is 1. The van der Waals surface area contributed by atoms with Crippen LogP contribution in [-0.4, -0.2) is 47.2 Å². The van der Waals surface area contributed by atoms with Crippen molar-refractivity contribution in [1.29, 1.82) is 0 Å². The van der Waals surface area contributed by atoms with E-state index in [-0.39, 0.29) is 17.7 Å². The number of thiophene rings is 1. The van der Waals surface area contributed by atoms with E-state index in [0.717, 1.165) is 30.5 Å². The van der Waals surface area contributed by atoms with Gasteiger partial charge in [-0.1, -0.05) is 17.7 Å². The van der Waals surface area contributed by atoms with E-state index in [9.17, 15) is 14.4 Å². The minimum atomic E-state index is -0.590. The van der Waals surface area contributed by atoms with Gasteiger partial charge in [0.05, 0.1) is 5.41 Å². The molecule has 7 nitrogen and oxygen atoms in total. The molecule has 1 fully saturated rings. The van der Waals surface area contributed by atoms with Gasteiger partial charge in [0, 0.05) is 49.6 Å². The molecule has 2 aromatic heterocycles. The molecule has 1 atom stereocenters. The summed E-state index contributed by atoms with van der Waals surface area (Å²) >= 11 is 1.77. The second-order valence-corrected chi connectivity index (χ2v) is 10.3. The fourth-order valence-electron chi connectivity index (χ4n) is 4.95. The minimum absolute atomic E-state index is 0.00464. The number of amides is 3. The van der Waals surface area contributed by atoms with E-state index in [4.69, 9.17) is 0 Å². The summed E-state index contributed by atoms with van der Waals surface area (Å²) in [7, 11) is 0. The molecule has 5 heterocycles. The Balaban J connectivity index is 1.23. The Morgan fingerprint density at radius 1 is 1.26 bits per heavy atom. The monoisotopic (exact) mass is 476 g/mol. The van der Waals surface area contributed by atoms with Gasteiger partial charge in [-0.05, 0) is 60.4 Å². The van der Waals surface area contributed by atoms with Crippen molar-refractivity contribution in [3.63, 3.8) is 0 Å². The molecule has 1 unspecified atom stereocenters. The molecular formula is C26H28N4O3S. The molecule has 176 valence electrons. The molecule has 2 aromatic rings. The number of carbonyl (C=O) groups excluding carboxylic acids is 3. The summed E-state index contributed by atoms with van der Waals surface area (Å²) in [4.78, 5) is 45.0. The largest absolute Gasteiger partial charge is 0.356 e. The number of carbonyl (C=O) groups is 3. The smallest absolute Gasteiger partial charge is 0.246 e. The Kier molecular flexibility index (Phi) is 6.32. The van der Waals surface area contributed by atoms with E-state index in [1.165, 1.54) is 10.5 Å². The molecule has 1 saturated heterocycles. The van der Waals surface area contributed by atoms with Crippen LogP contribution < -0.4 is 10.6 Å². The third-order valence-electron chi connectivity index (χ3n) is 7.00. The Morgan fingerprint density at radius 2 is 2.18 bits per heavy atom. The maximum absolute atomic E-state index is 12.8. The summed E-state index contributed by atoms with van der Waals surface area (Å²) in [6, 6.07) is 6.21. The van der Waals surface area contributed by atoms with Gasteiger partial charge in [-0.25, -0.2) is 4.98 Å². The second kappa shape index (κ2) is 9.54. The van der Waals surface area contributed by atoms with Crippen molar-refractivity contribution in [2.45, 2.75) is 38.5 Å². The van der Waals surface area contributed by atoms with Crippen LogP contribution in [0.4, 0.5) is 5.82 Å². The van der Waals surface area contributed by atoms with Crippen LogP contribution in [-0.2, 0) is 27.2 Å². The number of anilines is 1. The lowest BCUT2D eigenvalue weighted by Gasteiger charge is -2.35. The highest BCUT2D eigenvalue weighted by atomic mass is 32.1. The quantitative estimate of drug-likeness (QED) is 0.523. The maximum atomic E-state index is 12.8. The molecule has 0 bridgehead atoms. The Morgan fingerprint density at radius 3 is 2.97 bits per heavy atom. The van der Waals surface area contributed by atoms with Crippen LogP contribution in [0.5, 0.6) is 0 Å². The maximum Gasteiger partial charge on any atom is 0.246 e. The normalized spacial score (nSPS) is 22.7. The first kappa shape index (κ1) is 22.5. The molecule has 0 aromatic carbocycles. The van der Waals surface area contributed by atoms with Crippen molar-refractivity contribution in [2.24, 2.45) is 5.41 Å². The summed E-state index contributed by atoms with van der Waals surface area (Å²) in [5.74, 6) is 0.499. The van der Waals surface area contributed by atoms with Gasteiger partial charge in [0.25, 0.3) is 0 Å². The van der Waals surface area contributed by atoms with E-state index in [1.807, 2.05) is 11.0 Å². The molecule has 3 aliphatic rings. The van der Waals surface area contributed by atoms with Crippen LogP contribution in [0.3, 0.4) is 0 Å². The van der Waals surface area contributed by atoms with E-state index in [1.54, 1.807) is 29.7 Å². The van der Waals surface area contributed by atoms with Gasteiger partial charge in [0.15, 0.2) is 0 Å². The van der Waals surface area contributed by atoms with Gasteiger partial charge >= 0.3 is 0 Å². The average Bonchev–Trinajstić information content (AvgIpc) is 3.28. The number of aromatic nitrogens is 1. The highest BCUT2D eigenvalue weighted by Gasteiger charge is 2.43. The van der Waals surface area contributed by atoms with Crippen LogP contribution in [0.25, 0.3) is 6.08 Å². The first-order chi connectivity index (χ1) is 16.5. The van der Waals surface area contributed by atoms with E-state index in [0.29, 0.717) is 44.6 Å². The first-order valence-corrected chi connectivity index (χ1v) is 12.6. The van der Waals surface area contributed by atoms with E-state index in [2.05, 4.69) is 39.2 Å². The van der Waals surface area contributed by atoms with Crippen molar-refractivity contribution in [1.82, 2.24) is 15.2 Å². The molecule has 8 heteroatoms. The van der Waals surface area contributed by atoms with Crippen molar-refractivity contribution in [3.05, 3.63) is 63.5 Å². The molecule has 34 heavy (non-hydrogen) atoms. The van der Waals surface area contributed by atoms with Crippen LogP contribution in [0, 0.1) is 5.41 Å². The van der Waals surface area contributed by atoms with Crippen molar-refractivity contribution in [2.75, 3.05) is 25.0 Å². The number of nitrogens with one attached hydrogen (secondary N) is 2. The SMILES string of the molecule is O=C1CCC2(CCN1)Cc1cc(/C=C/C(=O)N3CC=C(Cc4cccs4)CC3)cnc1NC2=O. The summed E-state index contributed by atoms with van der Waals surface area (Å²) in [6.07, 6.45) is 11.2. The molecule has 1 spiro atoms. The molecule has 3 aliphatic heterocycles. The van der Waals surface area contributed by atoms with E-state index >= 15 is 0 Å². The highest BCUT2D eigenvalue weighted by Crippen LogP contribution is 2.40. The van der Waals surface area contributed by atoms with Crippen LogP contribution >= 0.6 is 11.3 Å². The van der Waals surface area contributed by atoms with Crippen molar-refractivity contribution < 1.29 is 14.4 Å². The third-order valence-corrected chi connectivity index (χ3v) is 7.88. The van der Waals surface area contributed by atoms with Gasteiger partial charge in [0.1, 0.15) is 5.82 Å². The van der Waals surface area contributed by atoms with Gasteiger partial charge in [-0.15, -0.1) is 11.3 Å². The minimum Gasteiger partial charge on any atom is -0.356 e. The van der Waals surface area contributed by atoms with Gasteiger partial charge in [-0.2, -0.15) is 0 Å². The lowest BCUT2D eigenvalue weighted by Crippen LogP contribution is -2.42. The molecule has 0 radical (unpaired) electrons. The number of hydrogen-bond acceptors (Lipinski definition) is 5. The molecule has 0 saturated carbocycles. The summed E-state index contributed by atoms with van der Waals surface area (Å²) in [6.45, 7) is 1.86. The molecule has 2 N–H and O–H groups in total. The first-order valence-electron chi connectivity index (χ1n) is 11.8. The third kappa shape index (κ3) is 4.82. The van der Waals surface area contributed by atoms with Gasteiger partial charge in [-0.3, -0.25) is 14.4 Å². The zero-order chi connectivity index (χ0) is 23.5. The van der Waals surface area contributed by atoms with E-state index < -0.39 is 5.41 Å². The topological polar surface area (TPSA) is 91.4 Å². The zero-order valence-corrected chi connectivity index (χ0v) is 19.8. The number of nitrogens with zero attached hydrogens (tertiary/aromatic N) is 2. The molecule has 3 amide bonds. The number of rotatable bonds is 4. The zero-order valence-electron chi connectivity index (χ0n) is 19.0. The van der Waals surface area contributed by atoms with Crippen molar-refractivity contribution in [3.8, 4) is 0 Å². The lowest BCUT2D eigenvalue weighted by atomic mass is 9.73. The predicted molar refractivity (Wildman–Crippen MR) is 132 cm³/mol. The highest BCUT2D eigenvalue weighted by molar-refractivity contribution is 7.09. The van der Waals surface area contributed by atoms with Crippen LogP contribution in [0.15, 0.2) is 47.5 Å². The fraction of sp³-hybridized carbons (Fsp3) is 0.385. The summed E-state index contributed by atoms with van der Waals surface area (Å²) < 4.78 is 0. The summed E-state index contributed by atoms with van der Waals surface area (Å²) in [5.41, 5.74) is 2.57. The standard InChI is InChI=1S/C26H28N4O3S/c31-22-5-8-26(9-10-27-22)16-20-14-19(17-28-24(20)29-25(26)33)3-4-23(32)30-11-6-18(7-12-30)15-21-2-1-13-34-21/h1-4,6,13-14,17H,5,7-12,15-16H2,(H,27,31)(H,28,29,33)/b4-3+. The van der Waals surface area contributed by atoms with Gasteiger partial charge in [0.2, 0.25) is 17.7 Å². The number of hydrogen-bond donors (Lipinski definition) is 2. The lowest BCUT2D eigenvalue weighted by molar-refractivity contribution is -0.127. The fourth-order valence-corrected chi connectivity index (χ4v) is 5.70. The second-order valence-electron chi connectivity index (χ2n) is 9.27. The Bertz CT molecular complexity index is 1170. The molecule has 0 aliphatic carbocycles. The van der Waals surface area contributed by atoms with Gasteiger partial charge < -0.3 is 15.5 Å². The Hall–Kier alpha value is -3.26. The average molecular weight is 477 g/mol. The summed E-state index contributed by atoms with van der Waals surface area (Å²) in [5, 5.41) is 7.88. The van der Waals surface area contributed by atoms with Crippen LogP contribution in [0.1, 0.15) is 41.7 Å². The van der Waals surface area contributed by atoms with Crippen molar-refractivity contribution >= 4 is 41.0 Å². The predicted octanol–water partition coefficient (Wildman–Crippen LogP) is 3.34. The molecular weight excluding hydrogens is 448 g/mol. The Labute approximate surface area is 202 Å². The van der Waals surface area contributed by atoms with Crippen LogP contribution in [0.2, 0.25) is 0 Å². The number of fused-ring (bicyclic) bond motifs is 1. The molecule has 5 rings (SSSR count).